The van der Waals surface area contributed by atoms with Gasteiger partial charge in [-0.1, -0.05) is 47.1 Å². The Labute approximate surface area is 183 Å². The molecule has 1 aliphatic heterocycles. The van der Waals surface area contributed by atoms with Gasteiger partial charge in [0.05, 0.1) is 6.04 Å². The molecule has 0 aromatic rings. The molecule has 1 N–H and O–H groups in total. The summed E-state index contributed by atoms with van der Waals surface area (Å²) in [4.78, 5) is 38.5. The van der Waals surface area contributed by atoms with Crippen LogP contribution in [-0.2, 0) is 14.4 Å². The first kappa shape index (κ1) is 25.9. The van der Waals surface area contributed by atoms with E-state index in [2.05, 4.69) is 32.9 Å². The summed E-state index contributed by atoms with van der Waals surface area (Å²) in [7, 11) is 5.00. The van der Waals surface area contributed by atoms with Crippen LogP contribution in [0.5, 0.6) is 0 Å². The van der Waals surface area contributed by atoms with Crippen LogP contribution in [0.1, 0.15) is 66.2 Å². The maximum absolute atomic E-state index is 12.2. The van der Waals surface area contributed by atoms with Gasteiger partial charge < -0.3 is 14.9 Å². The molecule has 0 aliphatic carbocycles. The summed E-state index contributed by atoms with van der Waals surface area (Å²) in [6.45, 7) is 8.70. The summed E-state index contributed by atoms with van der Waals surface area (Å²) in [5.41, 5.74) is 0. The van der Waals surface area contributed by atoms with E-state index in [9.17, 15) is 14.4 Å². The molecular formula is C21H36N2O4S2. The molecular weight excluding hydrogens is 408 g/mol. The molecule has 1 heterocycles. The molecule has 1 rings (SSSR count). The lowest BCUT2D eigenvalue weighted by Crippen LogP contribution is -2.40. The van der Waals surface area contributed by atoms with Crippen LogP contribution in [0.2, 0.25) is 0 Å². The van der Waals surface area contributed by atoms with Crippen molar-refractivity contribution in [3.63, 3.8) is 0 Å². The lowest BCUT2D eigenvalue weighted by Gasteiger charge is -2.26. The number of hydrogen-bond acceptors (Lipinski definition) is 5. The van der Waals surface area contributed by atoms with E-state index >= 15 is 0 Å². The molecule has 8 heteroatoms. The maximum Gasteiger partial charge on any atom is 0.326 e. The van der Waals surface area contributed by atoms with Crippen molar-refractivity contribution >= 4 is 39.4 Å². The highest BCUT2D eigenvalue weighted by Crippen LogP contribution is 2.39. The van der Waals surface area contributed by atoms with Crippen LogP contribution in [0.25, 0.3) is 0 Å². The molecule has 0 saturated carbocycles. The van der Waals surface area contributed by atoms with Crippen LogP contribution in [0.4, 0.5) is 0 Å². The second kappa shape index (κ2) is 12.5. The van der Waals surface area contributed by atoms with Crippen LogP contribution in [0, 0.1) is 0 Å². The summed E-state index contributed by atoms with van der Waals surface area (Å²) < 4.78 is -0.0905. The quantitative estimate of drug-likeness (QED) is 0.187. The SMILES string of the molecule is CCC/C=C/C1CN1C(=O)CCCSSC(C)(C)CCC(=O)N(C)[C@@H](C)C(=O)O. The Bertz CT molecular complexity index is 595. The van der Waals surface area contributed by atoms with E-state index in [0.29, 0.717) is 25.3 Å². The van der Waals surface area contributed by atoms with Crippen molar-refractivity contribution in [2.75, 3.05) is 19.3 Å². The molecule has 0 aromatic heterocycles. The number of unbranched alkanes of at least 4 members (excludes halogenated alkanes) is 1. The Morgan fingerprint density at radius 3 is 2.62 bits per heavy atom. The molecule has 166 valence electrons. The van der Waals surface area contributed by atoms with Crippen molar-refractivity contribution in [1.29, 1.82) is 0 Å². The van der Waals surface area contributed by atoms with Crippen LogP contribution in [-0.4, -0.2) is 68.9 Å². The first-order valence-electron chi connectivity index (χ1n) is 10.3. The van der Waals surface area contributed by atoms with Gasteiger partial charge in [-0.15, -0.1) is 0 Å². The number of allylic oxidation sites excluding steroid dienone is 1. The zero-order valence-electron chi connectivity index (χ0n) is 18.3. The average Bonchev–Trinajstić information content (AvgIpc) is 3.44. The van der Waals surface area contributed by atoms with E-state index in [1.54, 1.807) is 21.6 Å². The van der Waals surface area contributed by atoms with Crippen molar-refractivity contribution in [1.82, 2.24) is 9.80 Å². The Kier molecular flexibility index (Phi) is 11.2. The van der Waals surface area contributed by atoms with Gasteiger partial charge in [0.15, 0.2) is 0 Å². The molecule has 1 aliphatic rings. The van der Waals surface area contributed by atoms with E-state index in [-0.39, 0.29) is 16.6 Å². The minimum absolute atomic E-state index is 0.0905. The summed E-state index contributed by atoms with van der Waals surface area (Å²) in [6, 6.07) is -0.497. The normalized spacial score (nSPS) is 17.4. The molecule has 1 saturated heterocycles. The fourth-order valence-corrected chi connectivity index (χ4v) is 5.32. The van der Waals surface area contributed by atoms with Gasteiger partial charge in [0, 0.05) is 36.9 Å². The minimum atomic E-state index is -0.995. The van der Waals surface area contributed by atoms with E-state index in [1.165, 1.54) is 18.9 Å². The van der Waals surface area contributed by atoms with Crippen molar-refractivity contribution in [3.8, 4) is 0 Å². The predicted octanol–water partition coefficient (Wildman–Crippen LogP) is 4.21. The van der Waals surface area contributed by atoms with Gasteiger partial charge in [-0.25, -0.2) is 4.79 Å². The summed E-state index contributed by atoms with van der Waals surface area (Å²) in [5.74, 6) is -0.00807. The fraction of sp³-hybridized carbons (Fsp3) is 0.762. The highest BCUT2D eigenvalue weighted by Gasteiger charge is 2.35. The number of carboxylic acid groups (broad SMARTS) is 1. The number of carboxylic acids is 1. The molecule has 6 nitrogen and oxygen atoms in total. The molecule has 0 radical (unpaired) electrons. The zero-order chi connectivity index (χ0) is 22.0. The third-order valence-corrected chi connectivity index (χ3v) is 8.40. The molecule has 2 atom stereocenters. The number of nitrogens with zero attached hydrogens (tertiary/aromatic N) is 2. The molecule has 0 bridgehead atoms. The van der Waals surface area contributed by atoms with Gasteiger partial charge in [0.2, 0.25) is 11.8 Å². The zero-order valence-corrected chi connectivity index (χ0v) is 20.0. The summed E-state index contributed by atoms with van der Waals surface area (Å²) in [5, 5.41) is 9.00. The average molecular weight is 445 g/mol. The third kappa shape index (κ3) is 9.94. The van der Waals surface area contributed by atoms with Crippen LogP contribution in [0.3, 0.4) is 0 Å². The topological polar surface area (TPSA) is 77.7 Å². The van der Waals surface area contributed by atoms with E-state index in [0.717, 1.165) is 31.6 Å². The van der Waals surface area contributed by atoms with E-state index in [4.69, 9.17) is 5.11 Å². The molecule has 1 unspecified atom stereocenters. The molecule has 0 aromatic carbocycles. The van der Waals surface area contributed by atoms with E-state index in [1.807, 2.05) is 4.90 Å². The van der Waals surface area contributed by atoms with Crippen molar-refractivity contribution in [3.05, 3.63) is 12.2 Å². The van der Waals surface area contributed by atoms with Gasteiger partial charge in [-0.3, -0.25) is 9.59 Å². The Balaban J connectivity index is 2.18. The van der Waals surface area contributed by atoms with Crippen LogP contribution < -0.4 is 0 Å². The standard InChI is InChI=1S/C21H36N2O4S2/c1-6-7-8-10-17-15-23(17)19(25)11-9-14-28-29-21(3,4)13-12-18(24)22(5)16(2)20(26)27/h8,10,16-17H,6-7,9,11-15H2,1-5H3,(H,26,27)/b10-8+/t16-,17?,23?/m0/s1. The van der Waals surface area contributed by atoms with Gasteiger partial charge in [-0.2, -0.15) is 0 Å². The van der Waals surface area contributed by atoms with Crippen molar-refractivity contribution < 1.29 is 19.5 Å². The predicted molar refractivity (Wildman–Crippen MR) is 122 cm³/mol. The maximum atomic E-state index is 12.2. The first-order chi connectivity index (χ1) is 13.6. The number of likely N-dealkylation sites (N-methyl/N-ethyl adjacent to an activating group) is 1. The second-order valence-electron chi connectivity index (χ2n) is 8.12. The molecule has 29 heavy (non-hydrogen) atoms. The first-order valence-corrected chi connectivity index (χ1v) is 12.7. The highest BCUT2D eigenvalue weighted by molar-refractivity contribution is 8.77. The van der Waals surface area contributed by atoms with Gasteiger partial charge in [-0.05, 0) is 40.0 Å². The van der Waals surface area contributed by atoms with Gasteiger partial charge >= 0.3 is 5.97 Å². The summed E-state index contributed by atoms with van der Waals surface area (Å²) >= 11 is 0. The van der Waals surface area contributed by atoms with E-state index < -0.39 is 12.0 Å². The number of amides is 2. The van der Waals surface area contributed by atoms with Crippen molar-refractivity contribution in [2.45, 2.75) is 83.1 Å². The largest absolute Gasteiger partial charge is 0.480 e. The number of aliphatic carboxylic acids is 1. The molecule has 1 fully saturated rings. The Hall–Kier alpha value is -1.15. The monoisotopic (exact) mass is 444 g/mol. The van der Waals surface area contributed by atoms with Gasteiger partial charge in [0.1, 0.15) is 6.04 Å². The number of carbonyl (C=O) groups excluding carboxylic acids is 2. The Morgan fingerprint density at radius 1 is 1.31 bits per heavy atom. The van der Waals surface area contributed by atoms with Gasteiger partial charge in [0.25, 0.3) is 0 Å². The van der Waals surface area contributed by atoms with Crippen LogP contribution >= 0.6 is 21.6 Å². The fourth-order valence-electron chi connectivity index (χ4n) is 2.66. The summed E-state index contributed by atoms with van der Waals surface area (Å²) in [6.07, 6.45) is 8.96. The number of hydrogen-bond donors (Lipinski definition) is 1. The lowest BCUT2D eigenvalue weighted by atomic mass is 10.1. The number of carbonyl (C=O) groups is 3. The molecule has 2 amide bonds. The third-order valence-electron chi connectivity index (χ3n) is 4.96. The minimum Gasteiger partial charge on any atom is -0.480 e. The molecule has 0 spiro atoms. The number of rotatable bonds is 14. The highest BCUT2D eigenvalue weighted by atomic mass is 33.1. The lowest BCUT2D eigenvalue weighted by molar-refractivity contribution is -0.148. The van der Waals surface area contributed by atoms with Crippen molar-refractivity contribution in [2.24, 2.45) is 0 Å². The Morgan fingerprint density at radius 2 is 2.00 bits per heavy atom. The second-order valence-corrected chi connectivity index (χ2v) is 11.2. The van der Waals surface area contributed by atoms with Crippen LogP contribution in [0.15, 0.2) is 12.2 Å². The smallest absolute Gasteiger partial charge is 0.326 e.